The van der Waals surface area contributed by atoms with Crippen LogP contribution in [-0.4, -0.2) is 36.7 Å². The largest absolute Gasteiger partial charge is 0.481 e. The Balaban J connectivity index is 1.37. The second kappa shape index (κ2) is 12.9. The van der Waals surface area contributed by atoms with Crippen LogP contribution in [0.2, 0.25) is 5.02 Å². The average molecular weight is 572 g/mol. The first kappa shape index (κ1) is 28.3. The van der Waals surface area contributed by atoms with Gasteiger partial charge in [-0.2, -0.15) is 5.10 Å². The number of carbonyl (C=O) groups excluding carboxylic acids is 3. The number of carbonyl (C=O) groups is 3. The molecule has 4 rings (SSSR count). The second-order valence-corrected chi connectivity index (χ2v) is 10.3. The second-order valence-electron chi connectivity index (χ2n) is 8.74. The molecule has 11 heteroatoms. The number of anilines is 1. The lowest BCUT2D eigenvalue weighted by molar-refractivity contribution is -0.127. The number of nitrogens with zero attached hydrogens (tertiary/aromatic N) is 1. The van der Waals surface area contributed by atoms with Crippen LogP contribution in [0.3, 0.4) is 0 Å². The third kappa shape index (κ3) is 6.82. The van der Waals surface area contributed by atoms with Gasteiger partial charge in [-0.05, 0) is 81.5 Å². The van der Waals surface area contributed by atoms with E-state index in [0.717, 1.165) is 42.3 Å². The maximum absolute atomic E-state index is 13.8. The molecule has 1 atom stereocenters. The Morgan fingerprint density at radius 2 is 1.90 bits per heavy atom. The van der Waals surface area contributed by atoms with Crippen molar-refractivity contribution >= 4 is 51.9 Å². The number of fused-ring (bicyclic) bond motifs is 1. The summed E-state index contributed by atoms with van der Waals surface area (Å²) in [6, 6.07) is 10.5. The smallest absolute Gasteiger partial charge is 0.341 e. The Labute approximate surface area is 234 Å². The molecule has 3 aromatic rings. The fraction of sp³-hybridized carbons (Fsp3) is 0.286. The van der Waals surface area contributed by atoms with Gasteiger partial charge in [-0.25, -0.2) is 14.6 Å². The lowest BCUT2D eigenvalue weighted by Gasteiger charge is -2.13. The SMILES string of the molecule is CCOC(=O)c1c(NC(=O)c2ccc(OC(C)C(=O)NN=Cc3c(F)cccc3Cl)cc2)sc2c1CCCC2. The highest BCUT2D eigenvalue weighted by atomic mass is 35.5. The van der Waals surface area contributed by atoms with E-state index in [1.807, 2.05) is 0 Å². The van der Waals surface area contributed by atoms with E-state index < -0.39 is 23.8 Å². The number of aryl methyl sites for hydroxylation is 1. The molecule has 204 valence electrons. The number of hydrogen-bond donors (Lipinski definition) is 2. The summed E-state index contributed by atoms with van der Waals surface area (Å²) < 4.78 is 24.7. The van der Waals surface area contributed by atoms with Crippen molar-refractivity contribution in [1.29, 1.82) is 0 Å². The van der Waals surface area contributed by atoms with Gasteiger partial charge >= 0.3 is 5.97 Å². The standard InChI is InChI=1S/C28H27ClFN3O5S/c1-3-37-28(36)24-19-7-4-5-10-23(19)39-27(24)32-26(35)17-11-13-18(14-12-17)38-16(2)25(34)33-31-15-20-21(29)8-6-9-22(20)30/h6,8-9,11-16H,3-5,7,10H2,1-2H3,(H,32,35)(H,33,34). The van der Waals surface area contributed by atoms with E-state index in [-0.39, 0.29) is 23.1 Å². The van der Waals surface area contributed by atoms with Crippen molar-refractivity contribution in [2.45, 2.75) is 45.6 Å². The first-order chi connectivity index (χ1) is 18.8. The topological polar surface area (TPSA) is 106 Å². The van der Waals surface area contributed by atoms with Crippen molar-refractivity contribution < 1.29 is 28.2 Å². The third-order valence-corrected chi connectivity index (χ3v) is 7.58. The summed E-state index contributed by atoms with van der Waals surface area (Å²) in [4.78, 5) is 39.0. The minimum Gasteiger partial charge on any atom is -0.481 e. The summed E-state index contributed by atoms with van der Waals surface area (Å²) >= 11 is 7.35. The number of amides is 2. The summed E-state index contributed by atoms with van der Waals surface area (Å²) in [6.45, 7) is 3.52. The lowest BCUT2D eigenvalue weighted by Crippen LogP contribution is -2.33. The summed E-state index contributed by atoms with van der Waals surface area (Å²) in [7, 11) is 0. The van der Waals surface area contributed by atoms with Crippen molar-refractivity contribution in [3.8, 4) is 5.75 Å². The fourth-order valence-electron chi connectivity index (χ4n) is 4.08. The van der Waals surface area contributed by atoms with Gasteiger partial charge in [-0.1, -0.05) is 17.7 Å². The van der Waals surface area contributed by atoms with E-state index in [1.54, 1.807) is 31.2 Å². The Hall–Kier alpha value is -3.76. The first-order valence-electron chi connectivity index (χ1n) is 12.4. The van der Waals surface area contributed by atoms with Gasteiger partial charge in [0.15, 0.2) is 6.10 Å². The summed E-state index contributed by atoms with van der Waals surface area (Å²) in [6.07, 6.45) is 3.90. The molecule has 1 heterocycles. The monoisotopic (exact) mass is 571 g/mol. The van der Waals surface area contributed by atoms with Gasteiger partial charge in [0.2, 0.25) is 0 Å². The van der Waals surface area contributed by atoms with E-state index in [9.17, 15) is 18.8 Å². The van der Waals surface area contributed by atoms with Gasteiger partial charge in [0, 0.05) is 16.0 Å². The maximum Gasteiger partial charge on any atom is 0.341 e. The molecule has 0 saturated carbocycles. The van der Waals surface area contributed by atoms with Gasteiger partial charge in [-0.3, -0.25) is 9.59 Å². The molecular formula is C28H27ClFN3O5S. The van der Waals surface area contributed by atoms with E-state index in [4.69, 9.17) is 21.1 Å². The number of thiophene rings is 1. The number of rotatable bonds is 9. The quantitative estimate of drug-likeness (QED) is 0.193. The number of ether oxygens (including phenoxy) is 2. The van der Waals surface area contributed by atoms with Crippen LogP contribution in [0.5, 0.6) is 5.75 Å². The molecule has 2 aromatic carbocycles. The molecule has 2 amide bonds. The van der Waals surface area contributed by atoms with Gasteiger partial charge in [0.25, 0.3) is 11.8 Å². The zero-order valence-corrected chi connectivity index (χ0v) is 23.0. The van der Waals surface area contributed by atoms with Crippen LogP contribution in [0.25, 0.3) is 0 Å². The molecule has 1 aliphatic rings. The van der Waals surface area contributed by atoms with E-state index >= 15 is 0 Å². The molecule has 1 unspecified atom stereocenters. The van der Waals surface area contributed by atoms with Gasteiger partial charge in [0.05, 0.1) is 23.4 Å². The third-order valence-electron chi connectivity index (χ3n) is 6.04. The van der Waals surface area contributed by atoms with Gasteiger partial charge < -0.3 is 14.8 Å². The molecule has 0 spiro atoms. The van der Waals surface area contributed by atoms with Crippen LogP contribution >= 0.6 is 22.9 Å². The number of nitrogens with one attached hydrogen (secondary N) is 2. The zero-order valence-electron chi connectivity index (χ0n) is 21.4. The van der Waals surface area contributed by atoms with Crippen molar-refractivity contribution in [3.63, 3.8) is 0 Å². The van der Waals surface area contributed by atoms with Gasteiger partial charge in [-0.15, -0.1) is 11.3 Å². The number of hydrazone groups is 1. The lowest BCUT2D eigenvalue weighted by atomic mass is 9.95. The van der Waals surface area contributed by atoms with Crippen LogP contribution in [-0.2, 0) is 22.4 Å². The number of esters is 1. The molecule has 1 aromatic heterocycles. The highest BCUT2D eigenvalue weighted by Crippen LogP contribution is 2.38. The zero-order chi connectivity index (χ0) is 27.9. The molecule has 1 aliphatic carbocycles. The molecule has 0 bridgehead atoms. The number of hydrogen-bond acceptors (Lipinski definition) is 7. The summed E-state index contributed by atoms with van der Waals surface area (Å²) in [5.41, 5.74) is 4.11. The predicted octanol–water partition coefficient (Wildman–Crippen LogP) is 5.77. The Kier molecular flexibility index (Phi) is 9.32. The maximum atomic E-state index is 13.8. The van der Waals surface area contributed by atoms with Gasteiger partial charge in [0.1, 0.15) is 16.6 Å². The van der Waals surface area contributed by atoms with Crippen molar-refractivity contribution in [2.75, 3.05) is 11.9 Å². The Morgan fingerprint density at radius 3 is 2.62 bits per heavy atom. The van der Waals surface area contributed by atoms with Crippen LogP contribution in [0.15, 0.2) is 47.6 Å². The fourth-order valence-corrected chi connectivity index (χ4v) is 5.56. The first-order valence-corrected chi connectivity index (χ1v) is 13.6. The molecule has 0 aliphatic heterocycles. The van der Waals surface area contributed by atoms with Crippen molar-refractivity contribution in [1.82, 2.24) is 5.43 Å². The Morgan fingerprint density at radius 1 is 1.15 bits per heavy atom. The number of halogens is 2. The Bertz CT molecular complexity index is 1390. The van der Waals surface area contributed by atoms with Crippen molar-refractivity contribution in [2.24, 2.45) is 5.10 Å². The highest BCUT2D eigenvalue weighted by molar-refractivity contribution is 7.17. The highest BCUT2D eigenvalue weighted by Gasteiger charge is 2.27. The van der Waals surface area contributed by atoms with Crippen LogP contribution in [0, 0.1) is 5.82 Å². The van der Waals surface area contributed by atoms with Crippen LogP contribution in [0.4, 0.5) is 9.39 Å². The normalized spacial score (nSPS) is 13.4. The number of benzene rings is 2. The minimum absolute atomic E-state index is 0.0546. The summed E-state index contributed by atoms with van der Waals surface area (Å²) in [5.74, 6) is -1.57. The van der Waals surface area contributed by atoms with Crippen LogP contribution in [0.1, 0.15) is 63.4 Å². The minimum atomic E-state index is -0.928. The molecular weight excluding hydrogens is 545 g/mol. The van der Waals surface area contributed by atoms with Crippen molar-refractivity contribution in [3.05, 3.63) is 80.4 Å². The molecule has 0 radical (unpaired) electrons. The molecule has 0 saturated heterocycles. The van der Waals surface area contributed by atoms with E-state index in [2.05, 4.69) is 15.8 Å². The predicted molar refractivity (Wildman–Crippen MR) is 149 cm³/mol. The van der Waals surface area contributed by atoms with E-state index in [1.165, 1.54) is 36.5 Å². The molecule has 8 nitrogen and oxygen atoms in total. The average Bonchev–Trinajstić information content (AvgIpc) is 3.28. The molecule has 0 fully saturated rings. The summed E-state index contributed by atoms with van der Waals surface area (Å²) in [5, 5.41) is 7.27. The van der Waals surface area contributed by atoms with Crippen LogP contribution < -0.4 is 15.5 Å². The van der Waals surface area contributed by atoms with E-state index in [0.29, 0.717) is 21.9 Å². The molecule has 2 N–H and O–H groups in total. The molecule has 39 heavy (non-hydrogen) atoms.